The fourth-order valence-corrected chi connectivity index (χ4v) is 0.966. The van der Waals surface area contributed by atoms with Gasteiger partial charge in [0.15, 0.2) is 0 Å². The highest BCUT2D eigenvalue weighted by Crippen LogP contribution is 2.06. The van der Waals surface area contributed by atoms with E-state index in [2.05, 4.69) is 10.5 Å². The van der Waals surface area contributed by atoms with Crippen LogP contribution in [0, 0.1) is 0 Å². The summed E-state index contributed by atoms with van der Waals surface area (Å²) >= 11 is 0. The maximum Gasteiger partial charge on any atom is 0.428 e. The molecule has 0 atom stereocenters. The molecular formula is C9H16N2O3. The van der Waals surface area contributed by atoms with Crippen LogP contribution in [0.2, 0.25) is 0 Å². The van der Waals surface area contributed by atoms with Crippen molar-refractivity contribution in [3.05, 3.63) is 0 Å². The Balaban J connectivity index is 2.30. The van der Waals surface area contributed by atoms with Crippen LogP contribution in [-0.4, -0.2) is 30.6 Å². The minimum Gasteiger partial charge on any atom is -0.443 e. The molecule has 14 heavy (non-hydrogen) atoms. The summed E-state index contributed by atoms with van der Waals surface area (Å²) in [5, 5.41) is 3.87. The molecule has 5 heteroatoms. The van der Waals surface area contributed by atoms with Crippen LogP contribution in [0.25, 0.3) is 0 Å². The zero-order chi connectivity index (χ0) is 10.6. The van der Waals surface area contributed by atoms with Gasteiger partial charge in [0.05, 0.1) is 18.9 Å². The molecule has 1 N–H and O–H groups in total. The van der Waals surface area contributed by atoms with Crippen LogP contribution in [0.4, 0.5) is 4.79 Å². The third-order valence-corrected chi connectivity index (χ3v) is 1.51. The zero-order valence-corrected chi connectivity index (χ0v) is 8.79. The highest BCUT2D eigenvalue weighted by atomic mass is 16.6. The molecule has 0 spiro atoms. The molecule has 1 heterocycles. The van der Waals surface area contributed by atoms with Gasteiger partial charge in [0.2, 0.25) is 0 Å². The summed E-state index contributed by atoms with van der Waals surface area (Å²) < 4.78 is 10.1. The number of hydrogen-bond acceptors (Lipinski definition) is 4. The number of rotatable bonds is 1. The predicted molar refractivity (Wildman–Crippen MR) is 52.2 cm³/mol. The molecule has 0 saturated carbocycles. The first-order valence-electron chi connectivity index (χ1n) is 4.59. The van der Waals surface area contributed by atoms with E-state index < -0.39 is 11.7 Å². The summed E-state index contributed by atoms with van der Waals surface area (Å²) in [6, 6.07) is 0. The summed E-state index contributed by atoms with van der Waals surface area (Å²) in [6.45, 7) is 6.58. The molecule has 1 fully saturated rings. The van der Waals surface area contributed by atoms with Crippen molar-refractivity contribution in [2.75, 3.05) is 13.2 Å². The van der Waals surface area contributed by atoms with Gasteiger partial charge in [-0.3, -0.25) is 0 Å². The van der Waals surface area contributed by atoms with Gasteiger partial charge >= 0.3 is 6.09 Å². The number of amides is 1. The van der Waals surface area contributed by atoms with Crippen LogP contribution in [-0.2, 0) is 9.47 Å². The molecule has 0 aromatic heterocycles. The lowest BCUT2D eigenvalue weighted by molar-refractivity contribution is 0.0529. The summed E-state index contributed by atoms with van der Waals surface area (Å²) in [5.74, 6) is 0. The second-order valence-corrected chi connectivity index (χ2v) is 4.09. The average molecular weight is 200 g/mol. The van der Waals surface area contributed by atoms with E-state index in [0.717, 1.165) is 12.1 Å². The number of hydrazone groups is 1. The Hall–Kier alpha value is -1.10. The van der Waals surface area contributed by atoms with Crippen LogP contribution >= 0.6 is 0 Å². The van der Waals surface area contributed by atoms with E-state index in [0.29, 0.717) is 13.2 Å². The van der Waals surface area contributed by atoms with E-state index >= 15 is 0 Å². The lowest BCUT2D eigenvalue weighted by Crippen LogP contribution is -2.30. The van der Waals surface area contributed by atoms with Crippen molar-refractivity contribution in [3.8, 4) is 0 Å². The summed E-state index contributed by atoms with van der Waals surface area (Å²) in [7, 11) is 0. The molecule has 0 aliphatic carbocycles. The second-order valence-electron chi connectivity index (χ2n) is 4.09. The Bertz CT molecular complexity index is 235. The average Bonchev–Trinajstić information content (AvgIpc) is 2.49. The van der Waals surface area contributed by atoms with Gasteiger partial charge in [0.25, 0.3) is 0 Å². The first-order chi connectivity index (χ1) is 6.47. The Kier molecular flexibility index (Phi) is 3.46. The fourth-order valence-electron chi connectivity index (χ4n) is 0.966. The Morgan fingerprint density at radius 2 is 2.29 bits per heavy atom. The van der Waals surface area contributed by atoms with Gasteiger partial charge in [-0.2, -0.15) is 5.10 Å². The Morgan fingerprint density at radius 3 is 2.79 bits per heavy atom. The summed E-state index contributed by atoms with van der Waals surface area (Å²) in [5.41, 5.74) is 2.68. The number of nitrogens with zero attached hydrogens (tertiary/aromatic N) is 1. The van der Waals surface area contributed by atoms with Gasteiger partial charge < -0.3 is 9.47 Å². The second kappa shape index (κ2) is 4.41. The van der Waals surface area contributed by atoms with E-state index in [4.69, 9.17) is 9.47 Å². The maximum atomic E-state index is 11.1. The van der Waals surface area contributed by atoms with E-state index in [-0.39, 0.29) is 0 Å². The molecule has 0 bridgehead atoms. The molecule has 80 valence electrons. The molecule has 1 amide bonds. The van der Waals surface area contributed by atoms with Crippen molar-refractivity contribution >= 4 is 11.8 Å². The topological polar surface area (TPSA) is 59.9 Å². The normalized spacial score (nSPS) is 19.8. The van der Waals surface area contributed by atoms with Crippen molar-refractivity contribution in [1.82, 2.24) is 5.43 Å². The van der Waals surface area contributed by atoms with E-state index in [9.17, 15) is 4.79 Å². The minimum absolute atomic E-state index is 0.490. The molecule has 1 rings (SSSR count). The number of carbonyl (C=O) groups excluding carboxylic acids is 1. The van der Waals surface area contributed by atoms with Crippen LogP contribution in [0.1, 0.15) is 27.2 Å². The first kappa shape index (κ1) is 11.0. The monoisotopic (exact) mass is 200 g/mol. The summed E-state index contributed by atoms with van der Waals surface area (Å²) in [6.07, 6.45) is 0.243. The first-order valence-corrected chi connectivity index (χ1v) is 4.59. The molecule has 1 aliphatic heterocycles. The molecule has 0 unspecified atom stereocenters. The van der Waals surface area contributed by atoms with Crippen LogP contribution in [0.15, 0.2) is 5.10 Å². The predicted octanol–water partition coefficient (Wildman–Crippen LogP) is 1.29. The molecule has 1 aliphatic rings. The third kappa shape index (κ3) is 4.23. The van der Waals surface area contributed by atoms with Crippen molar-refractivity contribution < 1.29 is 14.3 Å². The van der Waals surface area contributed by atoms with Gasteiger partial charge in [-0.1, -0.05) is 0 Å². The van der Waals surface area contributed by atoms with E-state index in [1.807, 2.05) is 0 Å². The van der Waals surface area contributed by atoms with Crippen molar-refractivity contribution in [1.29, 1.82) is 0 Å². The highest BCUT2D eigenvalue weighted by Gasteiger charge is 2.16. The molecule has 5 nitrogen and oxygen atoms in total. The molecule has 0 aromatic rings. The number of nitrogens with one attached hydrogen (secondary N) is 1. The van der Waals surface area contributed by atoms with Gasteiger partial charge in [0, 0.05) is 6.42 Å². The Morgan fingerprint density at radius 1 is 1.57 bits per heavy atom. The lowest BCUT2D eigenvalue weighted by atomic mass is 10.2. The van der Waals surface area contributed by atoms with E-state index in [1.165, 1.54) is 0 Å². The SMILES string of the molecule is CC(C)(C)OC(=O)NN=C1CCOC1. The number of hydrogen-bond donors (Lipinski definition) is 1. The smallest absolute Gasteiger partial charge is 0.428 e. The van der Waals surface area contributed by atoms with Crippen molar-refractivity contribution in [2.45, 2.75) is 32.8 Å². The molecular weight excluding hydrogens is 184 g/mol. The van der Waals surface area contributed by atoms with Crippen molar-refractivity contribution in [3.63, 3.8) is 0 Å². The molecule has 0 radical (unpaired) electrons. The number of carbonyl (C=O) groups is 1. The van der Waals surface area contributed by atoms with Crippen LogP contribution in [0.3, 0.4) is 0 Å². The standard InChI is InChI=1S/C9H16N2O3/c1-9(2,3)14-8(12)11-10-7-4-5-13-6-7/h4-6H2,1-3H3,(H,11,12). The van der Waals surface area contributed by atoms with Gasteiger partial charge in [0.1, 0.15) is 5.60 Å². The fraction of sp³-hybridized carbons (Fsp3) is 0.778. The zero-order valence-electron chi connectivity index (χ0n) is 8.79. The molecule has 1 saturated heterocycles. The van der Waals surface area contributed by atoms with E-state index in [1.54, 1.807) is 20.8 Å². The van der Waals surface area contributed by atoms with Crippen LogP contribution in [0.5, 0.6) is 0 Å². The lowest BCUT2D eigenvalue weighted by Gasteiger charge is -2.18. The highest BCUT2D eigenvalue weighted by molar-refractivity contribution is 5.87. The van der Waals surface area contributed by atoms with Crippen LogP contribution < -0.4 is 5.43 Å². The van der Waals surface area contributed by atoms with Crippen molar-refractivity contribution in [2.24, 2.45) is 5.10 Å². The van der Waals surface area contributed by atoms with Gasteiger partial charge in [-0.25, -0.2) is 10.2 Å². The largest absolute Gasteiger partial charge is 0.443 e. The number of ether oxygens (including phenoxy) is 2. The third-order valence-electron chi connectivity index (χ3n) is 1.51. The Labute approximate surface area is 83.5 Å². The maximum absolute atomic E-state index is 11.1. The summed E-state index contributed by atoms with van der Waals surface area (Å²) in [4.78, 5) is 11.1. The minimum atomic E-state index is -0.531. The van der Waals surface area contributed by atoms with Gasteiger partial charge in [-0.15, -0.1) is 0 Å². The molecule has 0 aromatic carbocycles. The quantitative estimate of drug-likeness (QED) is 0.649. The van der Waals surface area contributed by atoms with Gasteiger partial charge in [-0.05, 0) is 20.8 Å².